The maximum Gasteiger partial charge on any atom is 0.227 e. The van der Waals surface area contributed by atoms with Crippen LogP contribution in [0.15, 0.2) is 24.7 Å². The number of carbonyl (C=O) groups excluding carboxylic acids is 1. The Balaban J connectivity index is 1.42. The second-order valence-electron chi connectivity index (χ2n) is 7.83. The second kappa shape index (κ2) is 7.76. The molecule has 0 radical (unpaired) electrons. The minimum atomic E-state index is 0.0712. The van der Waals surface area contributed by atoms with Gasteiger partial charge in [-0.05, 0) is 32.8 Å². The molecule has 0 N–H and O–H groups in total. The number of hydrogen-bond acceptors (Lipinski definition) is 6. The Bertz CT molecular complexity index is 802. The van der Waals surface area contributed by atoms with Gasteiger partial charge in [-0.2, -0.15) is 0 Å². The molecule has 2 aliphatic heterocycles. The molecule has 2 saturated heterocycles. The van der Waals surface area contributed by atoms with Crippen LogP contribution in [-0.4, -0.2) is 76.0 Å². The van der Waals surface area contributed by atoms with Crippen molar-refractivity contribution in [2.75, 3.05) is 44.2 Å². The monoisotopic (exact) mass is 368 g/mol. The number of hydrogen-bond donors (Lipinski definition) is 0. The Morgan fingerprint density at radius 1 is 1.07 bits per heavy atom. The van der Waals surface area contributed by atoms with Crippen LogP contribution in [0.3, 0.4) is 0 Å². The molecule has 7 nitrogen and oxygen atoms in total. The smallest absolute Gasteiger partial charge is 0.227 e. The molecule has 4 heterocycles. The van der Waals surface area contributed by atoms with E-state index in [9.17, 15) is 4.79 Å². The normalized spacial score (nSPS) is 21.8. The van der Waals surface area contributed by atoms with E-state index in [-0.39, 0.29) is 5.92 Å². The van der Waals surface area contributed by atoms with Gasteiger partial charge in [0, 0.05) is 57.7 Å². The lowest BCUT2D eigenvalue weighted by Crippen LogP contribution is -2.53. The summed E-state index contributed by atoms with van der Waals surface area (Å²) in [5.41, 5.74) is 2.49. The SMILES string of the molecule is CC(C)N1CCN(C(=O)C2CCCN(c3cnc4nccnc4c3)C2)CC1. The third kappa shape index (κ3) is 3.88. The maximum absolute atomic E-state index is 13.1. The van der Waals surface area contributed by atoms with Crippen LogP contribution in [0, 0.1) is 5.92 Å². The minimum Gasteiger partial charge on any atom is -0.369 e. The molecular formula is C20H28N6O. The molecule has 0 bridgehead atoms. The van der Waals surface area contributed by atoms with Gasteiger partial charge in [0.15, 0.2) is 5.65 Å². The number of carbonyl (C=O) groups is 1. The number of nitrogens with zero attached hydrogens (tertiary/aromatic N) is 6. The quantitative estimate of drug-likeness (QED) is 0.823. The molecule has 2 aliphatic rings. The number of rotatable bonds is 3. The van der Waals surface area contributed by atoms with Crippen LogP contribution in [0.4, 0.5) is 5.69 Å². The number of anilines is 1. The number of aromatic nitrogens is 3. The minimum absolute atomic E-state index is 0.0712. The molecule has 27 heavy (non-hydrogen) atoms. The van der Waals surface area contributed by atoms with Gasteiger partial charge in [-0.3, -0.25) is 14.7 Å². The van der Waals surface area contributed by atoms with Crippen molar-refractivity contribution in [3.8, 4) is 0 Å². The van der Waals surface area contributed by atoms with Crippen molar-refractivity contribution in [2.45, 2.75) is 32.7 Å². The summed E-state index contributed by atoms with van der Waals surface area (Å²) in [5.74, 6) is 0.388. The zero-order chi connectivity index (χ0) is 18.8. The summed E-state index contributed by atoms with van der Waals surface area (Å²) in [5, 5.41) is 0. The standard InChI is InChI=1S/C20H28N6O/c1-15(2)24-8-10-25(11-9-24)20(27)16-4-3-7-26(14-16)17-12-18-19(23-13-17)22-6-5-21-18/h5-6,12-13,15-16H,3-4,7-11,14H2,1-2H3. The first-order chi connectivity index (χ1) is 13.1. The molecule has 0 aromatic carbocycles. The Labute approximate surface area is 160 Å². The van der Waals surface area contributed by atoms with E-state index >= 15 is 0 Å². The third-order valence-corrected chi connectivity index (χ3v) is 5.80. The number of piperidine rings is 1. The molecule has 0 spiro atoms. The summed E-state index contributed by atoms with van der Waals surface area (Å²) in [4.78, 5) is 32.9. The van der Waals surface area contributed by atoms with Crippen molar-refractivity contribution in [3.63, 3.8) is 0 Å². The summed E-state index contributed by atoms with van der Waals surface area (Å²) in [6.45, 7) is 9.81. The van der Waals surface area contributed by atoms with E-state index in [1.165, 1.54) is 0 Å². The largest absolute Gasteiger partial charge is 0.369 e. The van der Waals surface area contributed by atoms with E-state index in [2.05, 4.69) is 43.5 Å². The average molecular weight is 368 g/mol. The zero-order valence-electron chi connectivity index (χ0n) is 16.2. The number of amides is 1. The van der Waals surface area contributed by atoms with E-state index in [1.807, 2.05) is 12.3 Å². The summed E-state index contributed by atoms with van der Waals surface area (Å²) < 4.78 is 0. The summed E-state index contributed by atoms with van der Waals surface area (Å²) in [7, 11) is 0. The third-order valence-electron chi connectivity index (χ3n) is 5.80. The molecule has 144 valence electrons. The van der Waals surface area contributed by atoms with Gasteiger partial charge in [-0.25, -0.2) is 9.97 Å². The Morgan fingerprint density at radius 2 is 1.85 bits per heavy atom. The summed E-state index contributed by atoms with van der Waals surface area (Å²) in [6.07, 6.45) is 7.20. The van der Waals surface area contributed by atoms with Gasteiger partial charge in [-0.15, -0.1) is 0 Å². The van der Waals surface area contributed by atoms with E-state index in [0.29, 0.717) is 17.6 Å². The zero-order valence-corrected chi connectivity index (χ0v) is 16.2. The van der Waals surface area contributed by atoms with Crippen molar-refractivity contribution in [3.05, 3.63) is 24.7 Å². The molecule has 1 atom stereocenters. The lowest BCUT2D eigenvalue weighted by atomic mass is 9.95. The first-order valence-electron chi connectivity index (χ1n) is 9.96. The van der Waals surface area contributed by atoms with Crippen LogP contribution in [0.2, 0.25) is 0 Å². The van der Waals surface area contributed by atoms with Gasteiger partial charge < -0.3 is 9.80 Å². The lowest BCUT2D eigenvalue weighted by Gasteiger charge is -2.40. The molecule has 7 heteroatoms. The van der Waals surface area contributed by atoms with Gasteiger partial charge in [0.2, 0.25) is 5.91 Å². The highest BCUT2D eigenvalue weighted by Crippen LogP contribution is 2.26. The van der Waals surface area contributed by atoms with Crippen molar-refractivity contribution >= 4 is 22.8 Å². The molecule has 1 unspecified atom stereocenters. The van der Waals surface area contributed by atoms with Crippen molar-refractivity contribution in [1.29, 1.82) is 0 Å². The van der Waals surface area contributed by atoms with Crippen LogP contribution in [0.1, 0.15) is 26.7 Å². The fourth-order valence-corrected chi connectivity index (χ4v) is 4.15. The van der Waals surface area contributed by atoms with Crippen LogP contribution in [0.25, 0.3) is 11.2 Å². The second-order valence-corrected chi connectivity index (χ2v) is 7.83. The fourth-order valence-electron chi connectivity index (χ4n) is 4.15. The van der Waals surface area contributed by atoms with E-state index in [0.717, 1.165) is 63.3 Å². The summed E-state index contributed by atoms with van der Waals surface area (Å²) in [6, 6.07) is 2.58. The lowest BCUT2D eigenvalue weighted by molar-refractivity contribution is -0.137. The Morgan fingerprint density at radius 3 is 2.63 bits per heavy atom. The Kier molecular flexibility index (Phi) is 5.20. The molecule has 0 aliphatic carbocycles. The predicted octanol–water partition coefficient (Wildman–Crippen LogP) is 1.79. The van der Waals surface area contributed by atoms with Crippen molar-refractivity contribution in [1.82, 2.24) is 24.8 Å². The number of piperazine rings is 1. The van der Waals surface area contributed by atoms with Gasteiger partial charge in [0.05, 0.1) is 17.8 Å². The van der Waals surface area contributed by atoms with Crippen LogP contribution in [0.5, 0.6) is 0 Å². The molecule has 0 saturated carbocycles. The van der Waals surface area contributed by atoms with E-state index in [1.54, 1.807) is 12.4 Å². The molecule has 2 fully saturated rings. The van der Waals surface area contributed by atoms with Gasteiger partial charge in [-0.1, -0.05) is 0 Å². The van der Waals surface area contributed by atoms with Crippen molar-refractivity contribution in [2.24, 2.45) is 5.92 Å². The number of pyridine rings is 1. The van der Waals surface area contributed by atoms with E-state index < -0.39 is 0 Å². The van der Waals surface area contributed by atoms with E-state index in [4.69, 9.17) is 0 Å². The first kappa shape index (κ1) is 18.1. The molecule has 1 amide bonds. The summed E-state index contributed by atoms with van der Waals surface area (Å²) >= 11 is 0. The maximum atomic E-state index is 13.1. The fraction of sp³-hybridized carbons (Fsp3) is 0.600. The van der Waals surface area contributed by atoms with Crippen LogP contribution < -0.4 is 4.90 Å². The topological polar surface area (TPSA) is 65.5 Å². The Hall–Kier alpha value is -2.28. The van der Waals surface area contributed by atoms with Crippen LogP contribution >= 0.6 is 0 Å². The van der Waals surface area contributed by atoms with Gasteiger partial charge in [0.25, 0.3) is 0 Å². The highest BCUT2D eigenvalue weighted by atomic mass is 16.2. The van der Waals surface area contributed by atoms with Crippen LogP contribution in [-0.2, 0) is 4.79 Å². The molecule has 2 aromatic heterocycles. The van der Waals surface area contributed by atoms with Gasteiger partial charge >= 0.3 is 0 Å². The number of fused-ring (bicyclic) bond motifs is 1. The van der Waals surface area contributed by atoms with Crippen molar-refractivity contribution < 1.29 is 4.79 Å². The van der Waals surface area contributed by atoms with Gasteiger partial charge in [0.1, 0.15) is 5.52 Å². The molecular weight excluding hydrogens is 340 g/mol. The highest BCUT2D eigenvalue weighted by molar-refractivity contribution is 5.80. The average Bonchev–Trinajstić information content (AvgIpc) is 2.73. The molecule has 2 aromatic rings. The highest BCUT2D eigenvalue weighted by Gasteiger charge is 2.31. The molecule has 4 rings (SSSR count). The first-order valence-corrected chi connectivity index (χ1v) is 9.96. The predicted molar refractivity (Wildman–Crippen MR) is 106 cm³/mol.